The molecule has 0 amide bonds. The molecule has 5 nitrogen and oxygen atoms in total. The highest BCUT2D eigenvalue weighted by Crippen LogP contribution is 2.35. The van der Waals surface area contributed by atoms with Gasteiger partial charge in [0.15, 0.2) is 5.82 Å². The van der Waals surface area contributed by atoms with Crippen LogP contribution in [0.25, 0.3) is 4.96 Å². The molecular formula is C10H15N5S. The summed E-state index contributed by atoms with van der Waals surface area (Å²) in [6.45, 7) is 2.00. The zero-order chi connectivity index (χ0) is 11.1. The Labute approximate surface area is 97.7 Å². The SMILES string of the molecule is CC(N)Cc1nn2c(C3CCC3)nnc2s1. The van der Waals surface area contributed by atoms with Gasteiger partial charge in [0.25, 0.3) is 0 Å². The van der Waals surface area contributed by atoms with Gasteiger partial charge in [-0.15, -0.1) is 10.2 Å². The molecule has 0 bridgehead atoms. The van der Waals surface area contributed by atoms with Crippen molar-refractivity contribution in [3.05, 3.63) is 10.8 Å². The Hall–Kier alpha value is -1.01. The molecule has 1 aliphatic rings. The van der Waals surface area contributed by atoms with Gasteiger partial charge in [-0.25, -0.2) is 0 Å². The Morgan fingerprint density at radius 1 is 1.50 bits per heavy atom. The summed E-state index contributed by atoms with van der Waals surface area (Å²) in [5.74, 6) is 1.61. The van der Waals surface area contributed by atoms with E-state index >= 15 is 0 Å². The average Bonchev–Trinajstić information content (AvgIpc) is 2.63. The lowest BCUT2D eigenvalue weighted by Gasteiger charge is -2.22. The summed E-state index contributed by atoms with van der Waals surface area (Å²) in [6.07, 6.45) is 4.57. The summed E-state index contributed by atoms with van der Waals surface area (Å²) in [7, 11) is 0. The molecule has 1 unspecified atom stereocenters. The molecule has 6 heteroatoms. The molecule has 2 aromatic rings. The lowest BCUT2D eigenvalue weighted by Crippen LogP contribution is -2.18. The van der Waals surface area contributed by atoms with E-state index in [2.05, 4.69) is 15.3 Å². The van der Waals surface area contributed by atoms with Crippen LogP contribution < -0.4 is 5.73 Å². The van der Waals surface area contributed by atoms with Crippen LogP contribution in [-0.4, -0.2) is 25.9 Å². The molecule has 1 fully saturated rings. The molecule has 0 aliphatic heterocycles. The van der Waals surface area contributed by atoms with E-state index in [1.807, 2.05) is 11.4 Å². The van der Waals surface area contributed by atoms with Gasteiger partial charge in [-0.05, 0) is 19.8 Å². The van der Waals surface area contributed by atoms with Gasteiger partial charge in [-0.2, -0.15) is 9.61 Å². The van der Waals surface area contributed by atoms with E-state index in [0.717, 1.165) is 22.2 Å². The second-order valence-corrected chi connectivity index (χ2v) is 5.60. The third kappa shape index (κ3) is 1.62. The molecule has 3 rings (SSSR count). The molecule has 1 saturated carbocycles. The van der Waals surface area contributed by atoms with E-state index in [1.165, 1.54) is 19.3 Å². The maximum absolute atomic E-state index is 5.77. The Morgan fingerprint density at radius 3 is 2.94 bits per heavy atom. The van der Waals surface area contributed by atoms with Crippen LogP contribution in [0.1, 0.15) is 42.9 Å². The van der Waals surface area contributed by atoms with E-state index in [9.17, 15) is 0 Å². The van der Waals surface area contributed by atoms with Gasteiger partial charge >= 0.3 is 0 Å². The van der Waals surface area contributed by atoms with Crippen molar-refractivity contribution in [2.45, 2.75) is 44.6 Å². The van der Waals surface area contributed by atoms with Crippen LogP contribution in [0, 0.1) is 0 Å². The molecule has 0 spiro atoms. The summed E-state index contributed by atoms with van der Waals surface area (Å²) >= 11 is 1.60. The normalized spacial score (nSPS) is 18.9. The second-order valence-electron chi connectivity index (χ2n) is 4.56. The molecule has 0 aromatic carbocycles. The van der Waals surface area contributed by atoms with Gasteiger partial charge in [0.2, 0.25) is 4.96 Å². The smallest absolute Gasteiger partial charge is 0.234 e. The van der Waals surface area contributed by atoms with Gasteiger partial charge in [0.05, 0.1) is 0 Å². The number of aromatic nitrogens is 4. The first-order valence-corrected chi connectivity index (χ1v) is 6.52. The van der Waals surface area contributed by atoms with Crippen molar-refractivity contribution in [3.63, 3.8) is 0 Å². The first-order valence-electron chi connectivity index (χ1n) is 5.70. The van der Waals surface area contributed by atoms with Crippen molar-refractivity contribution >= 4 is 16.3 Å². The maximum atomic E-state index is 5.77. The molecule has 2 N–H and O–H groups in total. The molecule has 0 radical (unpaired) electrons. The standard InChI is InChI=1S/C10H15N5S/c1-6(11)5-8-14-15-9(7-3-2-4-7)12-13-10(15)16-8/h6-7H,2-5,11H2,1H3. The highest BCUT2D eigenvalue weighted by molar-refractivity contribution is 7.16. The Balaban J connectivity index is 1.95. The van der Waals surface area contributed by atoms with E-state index < -0.39 is 0 Å². The zero-order valence-electron chi connectivity index (χ0n) is 9.26. The van der Waals surface area contributed by atoms with Crippen LogP contribution in [-0.2, 0) is 6.42 Å². The minimum atomic E-state index is 0.149. The summed E-state index contributed by atoms with van der Waals surface area (Å²) in [6, 6.07) is 0.149. The summed E-state index contributed by atoms with van der Waals surface area (Å²) < 4.78 is 1.91. The van der Waals surface area contributed by atoms with E-state index in [1.54, 1.807) is 11.3 Å². The molecule has 0 saturated heterocycles. The number of nitrogens with zero attached hydrogens (tertiary/aromatic N) is 4. The number of rotatable bonds is 3. The van der Waals surface area contributed by atoms with Crippen LogP contribution in [0.4, 0.5) is 0 Å². The molecule has 16 heavy (non-hydrogen) atoms. The van der Waals surface area contributed by atoms with Gasteiger partial charge in [-0.1, -0.05) is 17.8 Å². The third-order valence-electron chi connectivity index (χ3n) is 3.02. The van der Waals surface area contributed by atoms with Crippen LogP contribution in [0.3, 0.4) is 0 Å². The van der Waals surface area contributed by atoms with Gasteiger partial charge in [0.1, 0.15) is 5.01 Å². The summed E-state index contributed by atoms with van der Waals surface area (Å²) in [5, 5.41) is 14.0. The third-order valence-corrected chi connectivity index (χ3v) is 3.94. The summed E-state index contributed by atoms with van der Waals surface area (Å²) in [4.78, 5) is 0.901. The first-order chi connectivity index (χ1) is 7.74. The lowest BCUT2D eigenvalue weighted by molar-refractivity contribution is 0.395. The fourth-order valence-electron chi connectivity index (χ4n) is 1.95. The molecule has 1 atom stereocenters. The van der Waals surface area contributed by atoms with Crippen molar-refractivity contribution in [1.82, 2.24) is 19.8 Å². The van der Waals surface area contributed by atoms with Crippen molar-refractivity contribution in [3.8, 4) is 0 Å². The second kappa shape index (κ2) is 3.78. The van der Waals surface area contributed by atoms with E-state index in [-0.39, 0.29) is 6.04 Å². The van der Waals surface area contributed by atoms with E-state index in [0.29, 0.717) is 5.92 Å². The highest BCUT2D eigenvalue weighted by atomic mass is 32.1. The van der Waals surface area contributed by atoms with Crippen molar-refractivity contribution in [2.24, 2.45) is 5.73 Å². The largest absolute Gasteiger partial charge is 0.328 e. The van der Waals surface area contributed by atoms with Crippen LogP contribution in [0.2, 0.25) is 0 Å². The predicted molar refractivity (Wildman–Crippen MR) is 62.6 cm³/mol. The van der Waals surface area contributed by atoms with Gasteiger partial charge in [0, 0.05) is 18.4 Å². The van der Waals surface area contributed by atoms with Crippen LogP contribution in [0.5, 0.6) is 0 Å². The number of nitrogens with two attached hydrogens (primary N) is 1. The van der Waals surface area contributed by atoms with Crippen LogP contribution in [0.15, 0.2) is 0 Å². The highest BCUT2D eigenvalue weighted by Gasteiger charge is 2.26. The lowest BCUT2D eigenvalue weighted by atomic mass is 9.85. The molecule has 2 heterocycles. The summed E-state index contributed by atoms with van der Waals surface area (Å²) in [5.41, 5.74) is 5.77. The minimum Gasteiger partial charge on any atom is -0.328 e. The minimum absolute atomic E-state index is 0.149. The first kappa shape index (κ1) is 10.2. The Morgan fingerprint density at radius 2 is 2.31 bits per heavy atom. The fourth-order valence-corrected chi connectivity index (χ4v) is 2.93. The molecule has 1 aliphatic carbocycles. The van der Waals surface area contributed by atoms with Gasteiger partial charge < -0.3 is 5.73 Å². The van der Waals surface area contributed by atoms with Crippen LogP contribution >= 0.6 is 11.3 Å². The Kier molecular flexibility index (Phi) is 2.40. The topological polar surface area (TPSA) is 69.1 Å². The van der Waals surface area contributed by atoms with E-state index in [4.69, 9.17) is 5.73 Å². The van der Waals surface area contributed by atoms with Crippen molar-refractivity contribution in [1.29, 1.82) is 0 Å². The Bertz CT molecular complexity index is 496. The molecular weight excluding hydrogens is 222 g/mol. The molecule has 2 aromatic heterocycles. The van der Waals surface area contributed by atoms with Crippen molar-refractivity contribution < 1.29 is 0 Å². The number of hydrogen-bond acceptors (Lipinski definition) is 5. The fraction of sp³-hybridized carbons (Fsp3) is 0.700. The number of hydrogen-bond donors (Lipinski definition) is 1. The quantitative estimate of drug-likeness (QED) is 0.874. The predicted octanol–water partition coefficient (Wildman–Crippen LogP) is 1.34. The molecule has 86 valence electrons. The number of fused-ring (bicyclic) bond motifs is 1. The van der Waals surface area contributed by atoms with Gasteiger partial charge in [-0.3, -0.25) is 0 Å². The zero-order valence-corrected chi connectivity index (χ0v) is 10.1. The maximum Gasteiger partial charge on any atom is 0.234 e. The van der Waals surface area contributed by atoms with Crippen molar-refractivity contribution in [2.75, 3.05) is 0 Å². The monoisotopic (exact) mass is 237 g/mol. The average molecular weight is 237 g/mol.